The van der Waals surface area contributed by atoms with E-state index < -0.39 is 0 Å². The van der Waals surface area contributed by atoms with Crippen LogP contribution in [0.5, 0.6) is 5.75 Å². The van der Waals surface area contributed by atoms with Crippen LogP contribution in [0.3, 0.4) is 0 Å². The Balaban J connectivity index is 2.46. The molecule has 0 saturated carbocycles. The van der Waals surface area contributed by atoms with Crippen molar-refractivity contribution in [3.05, 3.63) is 23.3 Å². The zero-order valence-corrected chi connectivity index (χ0v) is 12.6. The molecule has 1 heterocycles. The van der Waals surface area contributed by atoms with Gasteiger partial charge in [0.15, 0.2) is 0 Å². The average molecular weight is 275 g/mol. The second-order valence-corrected chi connectivity index (χ2v) is 5.59. The molecular weight excluding hydrogens is 254 g/mol. The summed E-state index contributed by atoms with van der Waals surface area (Å²) in [7, 11) is 1.67. The summed E-state index contributed by atoms with van der Waals surface area (Å²) in [5.41, 5.74) is 6.44. The maximum absolute atomic E-state index is 11.1. The Labute approximate surface area is 119 Å². The largest absolute Gasteiger partial charge is 0.495 e. The molecule has 5 nitrogen and oxygen atoms in total. The van der Waals surface area contributed by atoms with Crippen molar-refractivity contribution in [1.29, 1.82) is 0 Å². The van der Waals surface area contributed by atoms with E-state index in [1.54, 1.807) is 7.11 Å². The first kappa shape index (κ1) is 14.4. The fraction of sp³-hybridized carbons (Fsp3) is 0.467. The van der Waals surface area contributed by atoms with Crippen LogP contribution in [0.15, 0.2) is 17.2 Å². The fourth-order valence-corrected chi connectivity index (χ4v) is 2.36. The van der Waals surface area contributed by atoms with E-state index in [1.165, 1.54) is 12.5 Å². The van der Waals surface area contributed by atoms with Crippen LogP contribution >= 0.6 is 0 Å². The number of amides is 1. The number of hydrogen-bond donors (Lipinski definition) is 2. The Morgan fingerprint density at radius 3 is 2.75 bits per heavy atom. The minimum absolute atomic E-state index is 0.165. The molecule has 0 fully saturated rings. The predicted molar refractivity (Wildman–Crippen MR) is 80.4 cm³/mol. The molecule has 0 unspecified atom stereocenters. The standard InChI is InChI=1S/C15H21N3O2/c1-9-6-7-12(20-5)14-11(9)8-13(15(3,4)16-14)18-17-10(2)19/h6-7,16H,8H2,1-5H3,(H,17,19)/b18-13+. The van der Waals surface area contributed by atoms with Crippen molar-refractivity contribution in [3.8, 4) is 5.75 Å². The second-order valence-electron chi connectivity index (χ2n) is 5.59. The van der Waals surface area contributed by atoms with Gasteiger partial charge in [0.25, 0.3) is 0 Å². The minimum Gasteiger partial charge on any atom is -0.495 e. The summed E-state index contributed by atoms with van der Waals surface area (Å²) in [6.45, 7) is 7.60. The van der Waals surface area contributed by atoms with Crippen molar-refractivity contribution in [2.45, 2.75) is 39.7 Å². The van der Waals surface area contributed by atoms with E-state index in [-0.39, 0.29) is 11.4 Å². The highest BCUT2D eigenvalue weighted by Gasteiger charge is 2.33. The lowest BCUT2D eigenvalue weighted by Gasteiger charge is -2.36. The first-order chi connectivity index (χ1) is 9.35. The predicted octanol–water partition coefficient (Wildman–Crippen LogP) is 2.24. The molecule has 0 radical (unpaired) electrons. The molecule has 0 saturated heterocycles. The molecule has 0 bridgehead atoms. The van der Waals surface area contributed by atoms with Crippen molar-refractivity contribution in [3.63, 3.8) is 0 Å². The number of rotatable bonds is 2. The lowest BCUT2D eigenvalue weighted by Crippen LogP contribution is -2.46. The highest BCUT2D eigenvalue weighted by Crippen LogP contribution is 2.38. The van der Waals surface area contributed by atoms with Crippen molar-refractivity contribution in [2.75, 3.05) is 12.4 Å². The number of anilines is 1. The van der Waals surface area contributed by atoms with Gasteiger partial charge >= 0.3 is 0 Å². The van der Waals surface area contributed by atoms with E-state index in [9.17, 15) is 4.79 Å². The molecular formula is C15H21N3O2. The molecule has 108 valence electrons. The van der Waals surface area contributed by atoms with Gasteiger partial charge in [-0.05, 0) is 38.0 Å². The normalized spacial score (nSPS) is 18.1. The number of fused-ring (bicyclic) bond motifs is 1. The molecule has 2 N–H and O–H groups in total. The van der Waals surface area contributed by atoms with Gasteiger partial charge in [-0.3, -0.25) is 4.79 Å². The van der Waals surface area contributed by atoms with Crippen LogP contribution in [0.2, 0.25) is 0 Å². The number of hydrogen-bond acceptors (Lipinski definition) is 4. The summed E-state index contributed by atoms with van der Waals surface area (Å²) < 4.78 is 5.42. The van der Waals surface area contributed by atoms with Gasteiger partial charge in [0, 0.05) is 13.3 Å². The molecule has 1 aromatic rings. The van der Waals surface area contributed by atoms with E-state index in [0.29, 0.717) is 6.42 Å². The van der Waals surface area contributed by atoms with E-state index in [1.807, 2.05) is 26.0 Å². The Hall–Kier alpha value is -2.04. The summed E-state index contributed by atoms with van der Waals surface area (Å²) in [5.74, 6) is 0.665. The maximum atomic E-state index is 11.1. The number of carbonyl (C=O) groups excluding carboxylic acids is 1. The van der Waals surface area contributed by atoms with Crippen molar-refractivity contribution in [1.82, 2.24) is 5.43 Å². The maximum Gasteiger partial charge on any atom is 0.236 e. The number of ether oxygens (including phenoxy) is 1. The van der Waals surface area contributed by atoms with Crippen LogP contribution in [0.25, 0.3) is 0 Å². The summed E-state index contributed by atoms with van der Waals surface area (Å²) in [4.78, 5) is 11.1. The third-order valence-electron chi connectivity index (χ3n) is 3.58. The molecule has 2 rings (SSSR count). The Kier molecular flexibility index (Phi) is 3.70. The van der Waals surface area contributed by atoms with Crippen LogP contribution in [-0.2, 0) is 11.2 Å². The van der Waals surface area contributed by atoms with Crippen molar-refractivity contribution < 1.29 is 9.53 Å². The molecule has 1 amide bonds. The summed E-state index contributed by atoms with van der Waals surface area (Å²) in [6, 6.07) is 4.00. The van der Waals surface area contributed by atoms with Crippen LogP contribution in [0.4, 0.5) is 5.69 Å². The van der Waals surface area contributed by atoms with Crippen LogP contribution < -0.4 is 15.5 Å². The van der Waals surface area contributed by atoms with E-state index in [0.717, 1.165) is 22.7 Å². The average Bonchev–Trinajstić information content (AvgIpc) is 2.36. The molecule has 1 aromatic carbocycles. The van der Waals surface area contributed by atoms with Gasteiger partial charge in [0.05, 0.1) is 24.0 Å². The third kappa shape index (κ3) is 2.61. The molecule has 5 heteroatoms. The number of carbonyl (C=O) groups is 1. The van der Waals surface area contributed by atoms with Gasteiger partial charge in [-0.1, -0.05) is 6.07 Å². The molecule has 20 heavy (non-hydrogen) atoms. The Morgan fingerprint density at radius 2 is 2.15 bits per heavy atom. The molecule has 0 aliphatic carbocycles. The van der Waals surface area contributed by atoms with Crippen LogP contribution in [-0.4, -0.2) is 24.3 Å². The first-order valence-corrected chi connectivity index (χ1v) is 6.63. The van der Waals surface area contributed by atoms with Gasteiger partial charge in [0.2, 0.25) is 5.91 Å². The molecule has 1 aliphatic rings. The van der Waals surface area contributed by atoms with Crippen LogP contribution in [0.1, 0.15) is 31.9 Å². The van der Waals surface area contributed by atoms with Gasteiger partial charge in [-0.25, -0.2) is 5.43 Å². The Bertz CT molecular complexity index is 577. The number of nitrogens with one attached hydrogen (secondary N) is 2. The van der Waals surface area contributed by atoms with Gasteiger partial charge < -0.3 is 10.1 Å². The summed E-state index contributed by atoms with van der Waals surface area (Å²) in [5, 5.41) is 7.71. The quantitative estimate of drug-likeness (QED) is 0.814. The van der Waals surface area contributed by atoms with Gasteiger partial charge in [-0.2, -0.15) is 5.10 Å². The van der Waals surface area contributed by atoms with E-state index in [4.69, 9.17) is 4.74 Å². The zero-order chi connectivity index (χ0) is 14.9. The SMILES string of the molecule is COc1ccc(C)c2c1NC(C)(C)/C(=N/NC(C)=O)C2. The van der Waals surface area contributed by atoms with E-state index >= 15 is 0 Å². The second kappa shape index (κ2) is 5.15. The van der Waals surface area contributed by atoms with Gasteiger partial charge in [0.1, 0.15) is 5.75 Å². The summed E-state index contributed by atoms with van der Waals surface area (Å²) in [6.07, 6.45) is 0.693. The topological polar surface area (TPSA) is 62.7 Å². The van der Waals surface area contributed by atoms with Gasteiger partial charge in [-0.15, -0.1) is 0 Å². The number of hydrazone groups is 1. The van der Waals surface area contributed by atoms with Crippen molar-refractivity contribution in [2.24, 2.45) is 5.10 Å². The highest BCUT2D eigenvalue weighted by molar-refractivity contribution is 6.01. The lowest BCUT2D eigenvalue weighted by atomic mass is 9.85. The molecule has 0 atom stereocenters. The number of benzene rings is 1. The van der Waals surface area contributed by atoms with Crippen molar-refractivity contribution >= 4 is 17.3 Å². The highest BCUT2D eigenvalue weighted by atomic mass is 16.5. The Morgan fingerprint density at radius 1 is 1.45 bits per heavy atom. The monoisotopic (exact) mass is 275 g/mol. The fourth-order valence-electron chi connectivity index (χ4n) is 2.36. The number of aryl methyl sites for hydroxylation is 1. The number of nitrogens with zero attached hydrogens (tertiary/aromatic N) is 1. The summed E-state index contributed by atoms with van der Waals surface area (Å²) >= 11 is 0. The third-order valence-corrected chi connectivity index (χ3v) is 3.58. The van der Waals surface area contributed by atoms with E-state index in [2.05, 4.69) is 22.8 Å². The minimum atomic E-state index is -0.337. The lowest BCUT2D eigenvalue weighted by molar-refractivity contribution is -0.118. The molecule has 0 spiro atoms. The van der Waals surface area contributed by atoms with Crippen LogP contribution in [0, 0.1) is 6.92 Å². The smallest absolute Gasteiger partial charge is 0.236 e. The molecule has 1 aliphatic heterocycles. The number of methoxy groups -OCH3 is 1. The zero-order valence-electron chi connectivity index (χ0n) is 12.6. The molecule has 0 aromatic heterocycles. The first-order valence-electron chi connectivity index (χ1n) is 6.63.